The Morgan fingerprint density at radius 2 is 1.63 bits per heavy atom. The van der Waals surface area contributed by atoms with Gasteiger partial charge in [-0.1, -0.05) is 62.7 Å². The minimum absolute atomic E-state index is 0.0245. The van der Waals surface area contributed by atoms with Gasteiger partial charge in [-0.3, -0.25) is 15.1 Å². The van der Waals surface area contributed by atoms with Crippen molar-refractivity contribution < 1.29 is 14.3 Å². The first kappa shape index (κ1) is 32.6. The summed E-state index contributed by atoms with van der Waals surface area (Å²) in [6.07, 6.45) is 4.72. The summed E-state index contributed by atoms with van der Waals surface area (Å²) in [6, 6.07) is 24.6. The second kappa shape index (κ2) is 13.8. The predicted molar refractivity (Wildman–Crippen MR) is 190 cm³/mol. The van der Waals surface area contributed by atoms with Crippen molar-refractivity contribution in [1.82, 2.24) is 24.7 Å². The largest absolute Gasteiger partial charge is 0.488 e. The Balaban J connectivity index is 1.16. The van der Waals surface area contributed by atoms with Crippen molar-refractivity contribution in [3.8, 4) is 11.4 Å². The molecule has 6 rings (SSSR count). The van der Waals surface area contributed by atoms with Crippen molar-refractivity contribution in [3.63, 3.8) is 0 Å². The molecule has 0 unspecified atom stereocenters. The second-order valence-electron chi connectivity index (χ2n) is 12.6. The topological polar surface area (TPSA) is 162 Å². The summed E-state index contributed by atoms with van der Waals surface area (Å²) in [5.74, 6) is 1.80. The third kappa shape index (κ3) is 7.99. The third-order valence-corrected chi connectivity index (χ3v) is 7.67. The van der Waals surface area contributed by atoms with Crippen LogP contribution in [0.4, 0.5) is 27.9 Å². The molecule has 0 aliphatic carbocycles. The van der Waals surface area contributed by atoms with Gasteiger partial charge in [0.15, 0.2) is 0 Å². The van der Waals surface area contributed by atoms with Gasteiger partial charge in [0.2, 0.25) is 5.91 Å². The number of aromatic nitrogens is 5. The summed E-state index contributed by atoms with van der Waals surface area (Å²) in [5, 5.41) is 15.6. The smallest absolute Gasteiger partial charge is 0.324 e. The van der Waals surface area contributed by atoms with Crippen LogP contribution in [0.15, 0.2) is 97.5 Å². The van der Waals surface area contributed by atoms with Crippen molar-refractivity contribution in [3.05, 3.63) is 120 Å². The van der Waals surface area contributed by atoms with Gasteiger partial charge >= 0.3 is 6.03 Å². The molecular weight excluding hydrogens is 618 g/mol. The molecule has 0 saturated heterocycles. The number of hydrogen-bond donors (Lipinski definition) is 4. The van der Waals surface area contributed by atoms with Crippen LogP contribution in [0.2, 0.25) is 0 Å². The Bertz CT molecular complexity index is 2120. The Labute approximate surface area is 283 Å². The zero-order chi connectivity index (χ0) is 34.5. The van der Waals surface area contributed by atoms with Gasteiger partial charge in [0, 0.05) is 28.5 Å². The molecule has 0 bridgehead atoms. The number of fused-ring (bicyclic) bond motifs is 1. The maximum atomic E-state index is 13.4. The first-order valence-electron chi connectivity index (χ1n) is 15.7. The average molecular weight is 656 g/mol. The van der Waals surface area contributed by atoms with E-state index in [-0.39, 0.29) is 18.4 Å². The minimum Gasteiger partial charge on any atom is -0.488 e. The van der Waals surface area contributed by atoms with E-state index in [1.54, 1.807) is 10.9 Å². The number of amides is 3. The number of hydrogen-bond acceptors (Lipinski definition) is 8. The molecule has 0 saturated carbocycles. The van der Waals surface area contributed by atoms with Gasteiger partial charge in [0.05, 0.1) is 41.6 Å². The normalized spacial score (nSPS) is 11.3. The fourth-order valence-electron chi connectivity index (χ4n) is 5.11. The lowest BCUT2D eigenvalue weighted by atomic mass is 9.92. The van der Waals surface area contributed by atoms with E-state index in [1.807, 2.05) is 85.8 Å². The summed E-state index contributed by atoms with van der Waals surface area (Å²) < 4.78 is 8.01. The fraction of sp³-hybridized carbons (Fsp3) is 0.189. The molecule has 0 aliphatic rings. The molecule has 3 heterocycles. The van der Waals surface area contributed by atoms with Crippen LogP contribution in [0, 0.1) is 6.92 Å². The van der Waals surface area contributed by atoms with E-state index in [2.05, 4.69) is 51.7 Å². The summed E-state index contributed by atoms with van der Waals surface area (Å²) in [7, 11) is 0. The molecule has 12 nitrogen and oxygen atoms in total. The quantitative estimate of drug-likeness (QED) is 0.125. The molecule has 0 aliphatic heterocycles. The molecule has 0 fully saturated rings. The molecule has 49 heavy (non-hydrogen) atoms. The fourth-order valence-corrected chi connectivity index (χ4v) is 5.11. The molecule has 248 valence electrons. The number of carbonyl (C=O) groups is 2. The lowest BCUT2D eigenvalue weighted by Crippen LogP contribution is -2.21. The van der Waals surface area contributed by atoms with Gasteiger partial charge in [-0.05, 0) is 48.9 Å². The number of benzene rings is 3. The van der Waals surface area contributed by atoms with E-state index in [4.69, 9.17) is 15.6 Å². The Hall–Kier alpha value is -6.30. The van der Waals surface area contributed by atoms with Crippen molar-refractivity contribution in [2.24, 2.45) is 5.73 Å². The predicted octanol–water partition coefficient (Wildman–Crippen LogP) is 6.81. The van der Waals surface area contributed by atoms with Crippen LogP contribution >= 0.6 is 0 Å². The number of ether oxygens (including phenoxy) is 1. The number of rotatable bonds is 10. The molecule has 6 aromatic rings. The average Bonchev–Trinajstić information content (AvgIpc) is 3.50. The van der Waals surface area contributed by atoms with E-state index in [0.717, 1.165) is 33.3 Å². The van der Waals surface area contributed by atoms with Crippen LogP contribution in [0.5, 0.6) is 5.75 Å². The van der Waals surface area contributed by atoms with Crippen LogP contribution in [-0.4, -0.2) is 36.7 Å². The van der Waals surface area contributed by atoms with Crippen molar-refractivity contribution in [1.29, 1.82) is 0 Å². The van der Waals surface area contributed by atoms with Crippen molar-refractivity contribution in [2.75, 3.05) is 16.0 Å². The van der Waals surface area contributed by atoms with Gasteiger partial charge in [0.1, 0.15) is 29.8 Å². The highest BCUT2D eigenvalue weighted by Gasteiger charge is 2.22. The van der Waals surface area contributed by atoms with Crippen molar-refractivity contribution >= 4 is 45.9 Å². The van der Waals surface area contributed by atoms with Crippen molar-refractivity contribution in [2.45, 2.75) is 46.1 Å². The van der Waals surface area contributed by atoms with E-state index >= 15 is 0 Å². The number of carbonyl (C=O) groups excluding carboxylic acids is 2. The standard InChI is InChI=1S/C37H37N9O3/c1-23-9-11-26(12-10-23)46-35(19-31(45-46)37(2,3)4)44-36(48)42-29-13-14-30(28-8-6-5-7-27(28)29)49-22-24-15-16-39-33(17-24)43-34-21-40-25(20-41-34)18-32(38)47/h5-17,19-21H,18,22H2,1-4H3,(H2,38,47)(H,39,41,43)(H2,42,44,48). The van der Waals surface area contributed by atoms with E-state index in [0.29, 0.717) is 34.6 Å². The third-order valence-electron chi connectivity index (χ3n) is 7.67. The zero-order valence-electron chi connectivity index (χ0n) is 27.7. The van der Waals surface area contributed by atoms with Gasteiger partial charge < -0.3 is 21.1 Å². The molecule has 0 spiro atoms. The molecule has 3 aromatic heterocycles. The van der Waals surface area contributed by atoms with Gasteiger partial charge in [-0.2, -0.15) is 5.10 Å². The molecule has 3 amide bonds. The van der Waals surface area contributed by atoms with Crippen LogP contribution in [-0.2, 0) is 23.2 Å². The summed E-state index contributed by atoms with van der Waals surface area (Å²) in [5.41, 5.74) is 9.86. The van der Waals surface area contributed by atoms with Crippen LogP contribution in [0.1, 0.15) is 43.3 Å². The van der Waals surface area contributed by atoms with Gasteiger partial charge in [-0.25, -0.2) is 19.4 Å². The number of urea groups is 1. The number of nitrogens with one attached hydrogen (secondary N) is 3. The molecular formula is C37H37N9O3. The lowest BCUT2D eigenvalue weighted by molar-refractivity contribution is -0.117. The molecule has 5 N–H and O–H groups in total. The van der Waals surface area contributed by atoms with Crippen LogP contribution in [0.25, 0.3) is 16.5 Å². The zero-order valence-corrected chi connectivity index (χ0v) is 27.7. The van der Waals surface area contributed by atoms with E-state index in [1.165, 1.54) is 12.4 Å². The highest BCUT2D eigenvalue weighted by Crippen LogP contribution is 2.33. The number of primary amides is 1. The second-order valence-corrected chi connectivity index (χ2v) is 12.6. The lowest BCUT2D eigenvalue weighted by Gasteiger charge is -2.15. The van der Waals surface area contributed by atoms with Gasteiger partial charge in [0.25, 0.3) is 0 Å². The number of aryl methyl sites for hydroxylation is 1. The van der Waals surface area contributed by atoms with Crippen LogP contribution in [0.3, 0.4) is 0 Å². The SMILES string of the molecule is Cc1ccc(-n2nc(C(C)(C)C)cc2NC(=O)Nc2ccc(OCc3ccnc(Nc4cnc(CC(N)=O)cn4)c3)c3ccccc23)cc1. The van der Waals surface area contributed by atoms with E-state index in [9.17, 15) is 9.59 Å². The molecule has 3 aromatic carbocycles. The number of nitrogens with zero attached hydrogens (tertiary/aromatic N) is 5. The Kier molecular flexibility index (Phi) is 9.20. The Morgan fingerprint density at radius 3 is 2.35 bits per heavy atom. The molecule has 0 atom stereocenters. The van der Waals surface area contributed by atoms with E-state index < -0.39 is 11.9 Å². The Morgan fingerprint density at radius 1 is 0.857 bits per heavy atom. The molecule has 12 heteroatoms. The van der Waals surface area contributed by atoms with Gasteiger partial charge in [-0.15, -0.1) is 0 Å². The monoisotopic (exact) mass is 655 g/mol. The molecule has 0 radical (unpaired) electrons. The number of pyridine rings is 1. The summed E-state index contributed by atoms with van der Waals surface area (Å²) in [6.45, 7) is 8.57. The highest BCUT2D eigenvalue weighted by atomic mass is 16.5. The number of nitrogens with two attached hydrogens (primary N) is 1. The summed E-state index contributed by atoms with van der Waals surface area (Å²) in [4.78, 5) is 37.4. The van der Waals surface area contributed by atoms with Crippen LogP contribution < -0.4 is 26.4 Å². The highest BCUT2D eigenvalue weighted by molar-refractivity contribution is 6.07. The first-order chi connectivity index (χ1) is 23.5. The summed E-state index contributed by atoms with van der Waals surface area (Å²) >= 11 is 0. The first-order valence-corrected chi connectivity index (χ1v) is 15.7. The maximum Gasteiger partial charge on any atom is 0.324 e. The minimum atomic E-state index is -0.471. The number of anilines is 4. The maximum absolute atomic E-state index is 13.4.